The zero-order chi connectivity index (χ0) is 23.4. The van der Waals surface area contributed by atoms with Gasteiger partial charge in [-0.05, 0) is 91.2 Å². The van der Waals surface area contributed by atoms with Gasteiger partial charge in [0.25, 0.3) is 0 Å². The van der Waals surface area contributed by atoms with Crippen molar-refractivity contribution in [2.45, 2.75) is 91.0 Å². The summed E-state index contributed by atoms with van der Waals surface area (Å²) in [5, 5.41) is 0. The Hall–Kier alpha value is -1.86. The van der Waals surface area contributed by atoms with Crippen LogP contribution in [0.25, 0.3) is 5.57 Å². The van der Waals surface area contributed by atoms with E-state index in [0.29, 0.717) is 0 Å². The van der Waals surface area contributed by atoms with Gasteiger partial charge in [-0.3, -0.25) is 4.98 Å². The summed E-state index contributed by atoms with van der Waals surface area (Å²) < 4.78 is 17.8. The van der Waals surface area contributed by atoms with E-state index in [0.717, 1.165) is 49.9 Å². The van der Waals surface area contributed by atoms with Crippen LogP contribution < -0.4 is 5.46 Å². The molecular weight excluding hydrogens is 403 g/mol. The lowest BCUT2D eigenvalue weighted by molar-refractivity contribution is 0.00578. The Balaban J connectivity index is 1.38. The number of hydrogen-bond acceptors (Lipinski definition) is 5. The number of amides is 1. The van der Waals surface area contributed by atoms with Gasteiger partial charge in [-0.25, -0.2) is 4.79 Å². The van der Waals surface area contributed by atoms with Crippen molar-refractivity contribution in [3.05, 3.63) is 30.1 Å². The summed E-state index contributed by atoms with van der Waals surface area (Å²) in [5.41, 5.74) is 2.25. The highest BCUT2D eigenvalue weighted by Gasteiger charge is 2.51. The van der Waals surface area contributed by atoms with E-state index in [-0.39, 0.29) is 29.8 Å². The van der Waals surface area contributed by atoms with Crippen molar-refractivity contribution in [1.29, 1.82) is 0 Å². The van der Waals surface area contributed by atoms with Gasteiger partial charge in [-0.1, -0.05) is 12.1 Å². The van der Waals surface area contributed by atoms with E-state index in [1.165, 1.54) is 5.57 Å². The number of allylic oxidation sites excluding steroid dienone is 2. The maximum absolute atomic E-state index is 12.5. The molecule has 3 aliphatic rings. The Morgan fingerprint density at radius 3 is 2.34 bits per heavy atom. The van der Waals surface area contributed by atoms with Crippen LogP contribution in [0.3, 0.4) is 0 Å². The van der Waals surface area contributed by atoms with E-state index in [1.807, 2.05) is 31.9 Å². The van der Waals surface area contributed by atoms with E-state index >= 15 is 0 Å². The third-order valence-electron chi connectivity index (χ3n) is 7.44. The van der Waals surface area contributed by atoms with Gasteiger partial charge in [-0.15, -0.1) is 0 Å². The van der Waals surface area contributed by atoms with Crippen molar-refractivity contribution in [1.82, 2.24) is 9.88 Å². The highest BCUT2D eigenvalue weighted by molar-refractivity contribution is 6.62. The normalized spacial score (nSPS) is 27.0. The Morgan fingerprint density at radius 1 is 1.12 bits per heavy atom. The molecule has 32 heavy (non-hydrogen) atoms. The molecule has 0 saturated carbocycles. The Kier molecular flexibility index (Phi) is 5.74. The molecule has 4 rings (SSSR count). The Labute approximate surface area is 192 Å². The summed E-state index contributed by atoms with van der Waals surface area (Å²) in [6, 6.07) is 4.14. The molecule has 1 aliphatic carbocycles. The van der Waals surface area contributed by atoms with Gasteiger partial charge in [0, 0.05) is 24.7 Å². The maximum Gasteiger partial charge on any atom is 0.496 e. The van der Waals surface area contributed by atoms with Gasteiger partial charge in [0.2, 0.25) is 0 Å². The third kappa shape index (κ3) is 4.60. The van der Waals surface area contributed by atoms with Gasteiger partial charge in [0.1, 0.15) is 5.60 Å². The topological polar surface area (TPSA) is 60.9 Å². The first kappa shape index (κ1) is 23.3. The minimum absolute atomic E-state index is 0.170. The second kappa shape index (κ2) is 7.87. The van der Waals surface area contributed by atoms with Crippen molar-refractivity contribution < 1.29 is 18.8 Å². The van der Waals surface area contributed by atoms with Crippen LogP contribution in [0.5, 0.6) is 0 Å². The fraction of sp³-hybridized carbons (Fsp3) is 0.680. The van der Waals surface area contributed by atoms with Crippen molar-refractivity contribution in [3.8, 4) is 0 Å². The number of aromatic nitrogens is 1. The largest absolute Gasteiger partial charge is 0.496 e. The minimum Gasteiger partial charge on any atom is -0.444 e. The molecule has 1 aromatic rings. The SMILES string of the molecule is CC(C)(C)OC(=O)N1CCC2(CC=C(c3ccc(B4OC(C)(C)C(C)(C)O4)cn3)CC2)C1. The number of likely N-dealkylation sites (tertiary alicyclic amines) is 1. The van der Waals surface area contributed by atoms with Crippen molar-refractivity contribution >= 4 is 24.2 Å². The predicted octanol–water partition coefficient (Wildman–Crippen LogP) is 4.58. The lowest BCUT2D eigenvalue weighted by Crippen LogP contribution is -2.41. The van der Waals surface area contributed by atoms with E-state index in [9.17, 15) is 4.79 Å². The monoisotopic (exact) mass is 440 g/mol. The van der Waals surface area contributed by atoms with Crippen LogP contribution in [0.2, 0.25) is 0 Å². The lowest BCUT2D eigenvalue weighted by Gasteiger charge is -2.33. The summed E-state index contributed by atoms with van der Waals surface area (Å²) >= 11 is 0. The Bertz CT molecular complexity index is 888. The number of rotatable bonds is 2. The van der Waals surface area contributed by atoms with Crippen LogP contribution in [0.4, 0.5) is 4.79 Å². The first-order valence-corrected chi connectivity index (χ1v) is 11.8. The zero-order valence-corrected chi connectivity index (χ0v) is 20.7. The van der Waals surface area contributed by atoms with Crippen LogP contribution in [-0.4, -0.2) is 53.0 Å². The molecule has 2 aliphatic heterocycles. The molecule has 1 amide bonds. The third-order valence-corrected chi connectivity index (χ3v) is 7.44. The molecule has 1 unspecified atom stereocenters. The summed E-state index contributed by atoms with van der Waals surface area (Å²) in [4.78, 5) is 19.1. The van der Waals surface area contributed by atoms with E-state index < -0.39 is 5.60 Å². The summed E-state index contributed by atoms with van der Waals surface area (Å²) in [6.07, 6.45) is 8.06. The lowest BCUT2D eigenvalue weighted by atomic mass is 9.73. The molecule has 3 heterocycles. The van der Waals surface area contributed by atoms with E-state index in [4.69, 9.17) is 19.0 Å². The number of nitrogens with zero attached hydrogens (tertiary/aromatic N) is 2. The van der Waals surface area contributed by atoms with Crippen molar-refractivity contribution in [2.75, 3.05) is 13.1 Å². The Morgan fingerprint density at radius 2 is 1.81 bits per heavy atom. The van der Waals surface area contributed by atoms with Crippen molar-refractivity contribution in [2.24, 2.45) is 5.41 Å². The summed E-state index contributed by atoms with van der Waals surface area (Å²) in [6.45, 7) is 15.5. The number of pyridine rings is 1. The number of hydrogen-bond donors (Lipinski definition) is 0. The van der Waals surface area contributed by atoms with Gasteiger partial charge < -0.3 is 18.9 Å². The van der Waals surface area contributed by atoms with Gasteiger partial charge >= 0.3 is 13.2 Å². The smallest absolute Gasteiger partial charge is 0.444 e. The quantitative estimate of drug-likeness (QED) is 0.631. The fourth-order valence-corrected chi connectivity index (χ4v) is 4.68. The molecule has 6 nitrogen and oxygen atoms in total. The fourth-order valence-electron chi connectivity index (χ4n) is 4.68. The molecule has 2 fully saturated rings. The van der Waals surface area contributed by atoms with E-state index in [1.54, 1.807) is 0 Å². The molecule has 0 radical (unpaired) electrons. The highest BCUT2D eigenvalue weighted by atomic mass is 16.7. The van der Waals surface area contributed by atoms with Crippen molar-refractivity contribution in [3.63, 3.8) is 0 Å². The zero-order valence-electron chi connectivity index (χ0n) is 20.7. The molecule has 0 aromatic carbocycles. The second-order valence-electron chi connectivity index (χ2n) is 11.7. The molecule has 1 atom stereocenters. The molecule has 0 N–H and O–H groups in total. The average Bonchev–Trinajstić information content (AvgIpc) is 3.19. The molecule has 1 spiro atoms. The highest BCUT2D eigenvalue weighted by Crippen LogP contribution is 2.45. The van der Waals surface area contributed by atoms with E-state index in [2.05, 4.69) is 45.9 Å². The first-order chi connectivity index (χ1) is 14.8. The molecule has 0 bridgehead atoms. The molecule has 7 heteroatoms. The minimum atomic E-state index is -0.454. The molecular formula is C25H37BN2O4. The van der Waals surface area contributed by atoms with Gasteiger partial charge in [0.05, 0.1) is 16.9 Å². The average molecular weight is 440 g/mol. The number of carbonyl (C=O) groups excluding carboxylic acids is 1. The predicted molar refractivity (Wildman–Crippen MR) is 127 cm³/mol. The maximum atomic E-state index is 12.5. The van der Waals surface area contributed by atoms with Gasteiger partial charge in [0.15, 0.2) is 0 Å². The standard InChI is InChI=1S/C25H37BN2O4/c1-22(2,3)30-21(29)28-15-14-25(17-28)12-10-18(11-13-25)20-9-8-19(16-27-20)26-31-23(4,5)24(6,7)32-26/h8-10,16H,11-15,17H2,1-7H3. The molecule has 1 aromatic heterocycles. The molecule has 2 saturated heterocycles. The summed E-state index contributed by atoms with van der Waals surface area (Å²) in [5.74, 6) is 0. The summed E-state index contributed by atoms with van der Waals surface area (Å²) in [7, 11) is -0.387. The van der Waals surface area contributed by atoms with Crippen LogP contribution >= 0.6 is 0 Å². The van der Waals surface area contributed by atoms with Crippen LogP contribution in [0.15, 0.2) is 24.4 Å². The first-order valence-electron chi connectivity index (χ1n) is 11.8. The molecule has 174 valence electrons. The van der Waals surface area contributed by atoms with Crippen LogP contribution in [0, 0.1) is 5.41 Å². The van der Waals surface area contributed by atoms with Gasteiger partial charge in [-0.2, -0.15) is 0 Å². The number of carbonyl (C=O) groups is 1. The number of ether oxygens (including phenoxy) is 1. The van der Waals surface area contributed by atoms with Crippen LogP contribution in [-0.2, 0) is 14.0 Å². The second-order valence-corrected chi connectivity index (χ2v) is 11.7. The van der Waals surface area contributed by atoms with Crippen LogP contribution in [0.1, 0.15) is 79.8 Å².